The highest BCUT2D eigenvalue weighted by Gasteiger charge is 2.12. The van der Waals surface area contributed by atoms with Crippen LogP contribution in [0.5, 0.6) is 0 Å². The Kier molecular flexibility index (Phi) is 3.71. The summed E-state index contributed by atoms with van der Waals surface area (Å²) in [7, 11) is 0. The Morgan fingerprint density at radius 1 is 1.57 bits per heavy atom. The predicted octanol–water partition coefficient (Wildman–Crippen LogP) is 2.05. The SMILES string of the molecule is Nc1c(Cl)cccc1C(=O)OCCF. The van der Waals surface area contributed by atoms with E-state index in [-0.39, 0.29) is 22.9 Å². The summed E-state index contributed by atoms with van der Waals surface area (Å²) in [6.07, 6.45) is 0. The largest absolute Gasteiger partial charge is 0.459 e. The van der Waals surface area contributed by atoms with Crippen molar-refractivity contribution in [2.45, 2.75) is 0 Å². The molecule has 0 aliphatic rings. The number of nitrogens with two attached hydrogens (primary N) is 1. The van der Waals surface area contributed by atoms with Crippen molar-refractivity contribution in [1.82, 2.24) is 0 Å². The van der Waals surface area contributed by atoms with Crippen molar-refractivity contribution in [3.05, 3.63) is 28.8 Å². The van der Waals surface area contributed by atoms with Crippen LogP contribution < -0.4 is 5.73 Å². The lowest BCUT2D eigenvalue weighted by molar-refractivity contribution is 0.0482. The van der Waals surface area contributed by atoms with E-state index >= 15 is 0 Å². The molecule has 0 spiro atoms. The van der Waals surface area contributed by atoms with Gasteiger partial charge in [-0.1, -0.05) is 17.7 Å². The molecule has 1 rings (SSSR count). The fraction of sp³-hybridized carbons (Fsp3) is 0.222. The highest BCUT2D eigenvalue weighted by molar-refractivity contribution is 6.33. The van der Waals surface area contributed by atoms with Gasteiger partial charge in [0, 0.05) is 0 Å². The second kappa shape index (κ2) is 4.81. The Morgan fingerprint density at radius 2 is 2.29 bits per heavy atom. The van der Waals surface area contributed by atoms with Gasteiger partial charge < -0.3 is 10.5 Å². The molecule has 0 aliphatic carbocycles. The maximum Gasteiger partial charge on any atom is 0.340 e. The maximum absolute atomic E-state index is 11.7. The fourth-order valence-electron chi connectivity index (χ4n) is 0.924. The number of anilines is 1. The molecule has 0 bridgehead atoms. The molecule has 3 nitrogen and oxygen atoms in total. The van der Waals surface area contributed by atoms with Crippen LogP contribution in [0.4, 0.5) is 10.1 Å². The van der Waals surface area contributed by atoms with Crippen LogP contribution >= 0.6 is 11.6 Å². The number of rotatable bonds is 3. The number of halogens is 2. The van der Waals surface area contributed by atoms with Gasteiger partial charge in [-0.2, -0.15) is 0 Å². The molecule has 0 aliphatic heterocycles. The van der Waals surface area contributed by atoms with Crippen LogP contribution in [-0.4, -0.2) is 19.3 Å². The van der Waals surface area contributed by atoms with Crippen molar-refractivity contribution in [3.63, 3.8) is 0 Å². The zero-order valence-electron chi connectivity index (χ0n) is 7.30. The van der Waals surface area contributed by atoms with Gasteiger partial charge in [0.25, 0.3) is 0 Å². The van der Waals surface area contributed by atoms with Crippen LogP contribution in [-0.2, 0) is 4.74 Å². The molecule has 1 aromatic carbocycles. The first-order valence-electron chi connectivity index (χ1n) is 3.94. The zero-order chi connectivity index (χ0) is 10.6. The van der Waals surface area contributed by atoms with E-state index in [0.29, 0.717) is 0 Å². The minimum Gasteiger partial charge on any atom is -0.459 e. The maximum atomic E-state index is 11.7. The first-order chi connectivity index (χ1) is 6.66. The van der Waals surface area contributed by atoms with Crippen molar-refractivity contribution in [2.75, 3.05) is 19.0 Å². The van der Waals surface area contributed by atoms with E-state index < -0.39 is 12.6 Å². The fourth-order valence-corrected chi connectivity index (χ4v) is 1.10. The van der Waals surface area contributed by atoms with Crippen LogP contribution in [0.15, 0.2) is 18.2 Å². The molecular formula is C9H9ClFNO2. The molecule has 0 amide bonds. The van der Waals surface area contributed by atoms with Crippen molar-refractivity contribution < 1.29 is 13.9 Å². The predicted molar refractivity (Wildman–Crippen MR) is 52.1 cm³/mol. The average molecular weight is 218 g/mol. The zero-order valence-corrected chi connectivity index (χ0v) is 8.05. The Morgan fingerprint density at radius 3 is 2.93 bits per heavy atom. The molecule has 0 saturated heterocycles. The number of esters is 1. The van der Waals surface area contributed by atoms with Crippen LogP contribution in [0.25, 0.3) is 0 Å². The number of hydrogen-bond acceptors (Lipinski definition) is 3. The standard InChI is InChI=1S/C9H9ClFNO2/c10-7-3-1-2-6(8(7)12)9(13)14-5-4-11/h1-3H,4-5,12H2. The second-order valence-corrected chi connectivity index (χ2v) is 2.93. The van der Waals surface area contributed by atoms with Gasteiger partial charge in [-0.05, 0) is 12.1 Å². The summed E-state index contributed by atoms with van der Waals surface area (Å²) < 4.78 is 16.3. The lowest BCUT2D eigenvalue weighted by Gasteiger charge is -2.05. The van der Waals surface area contributed by atoms with E-state index in [1.807, 2.05) is 0 Å². The van der Waals surface area contributed by atoms with Crippen molar-refractivity contribution in [3.8, 4) is 0 Å². The number of para-hydroxylation sites is 1. The van der Waals surface area contributed by atoms with Gasteiger partial charge in [-0.25, -0.2) is 9.18 Å². The Balaban J connectivity index is 2.84. The van der Waals surface area contributed by atoms with Gasteiger partial charge in [-0.3, -0.25) is 0 Å². The topological polar surface area (TPSA) is 52.3 Å². The van der Waals surface area contributed by atoms with Crippen LogP contribution in [0, 0.1) is 0 Å². The summed E-state index contributed by atoms with van der Waals surface area (Å²) in [6, 6.07) is 4.61. The number of alkyl halides is 1. The third kappa shape index (κ3) is 2.35. The van der Waals surface area contributed by atoms with E-state index in [0.717, 1.165) is 0 Å². The molecular weight excluding hydrogens is 209 g/mol. The molecule has 5 heteroatoms. The highest BCUT2D eigenvalue weighted by Crippen LogP contribution is 2.22. The normalized spacial score (nSPS) is 9.86. The minimum atomic E-state index is -0.716. The number of ether oxygens (including phenoxy) is 1. The van der Waals surface area contributed by atoms with Crippen molar-refractivity contribution in [1.29, 1.82) is 0 Å². The van der Waals surface area contributed by atoms with E-state index in [1.54, 1.807) is 12.1 Å². The summed E-state index contributed by atoms with van der Waals surface area (Å²) in [5, 5.41) is 0.277. The van der Waals surface area contributed by atoms with Crippen molar-refractivity contribution in [2.24, 2.45) is 0 Å². The summed E-state index contributed by atoms with van der Waals surface area (Å²) in [5.41, 5.74) is 5.84. The number of nitrogen functional groups attached to an aromatic ring is 1. The summed E-state index contributed by atoms with van der Waals surface area (Å²) in [4.78, 5) is 11.2. The number of carbonyl (C=O) groups is 1. The third-order valence-electron chi connectivity index (χ3n) is 1.58. The Labute approximate surface area is 85.6 Å². The highest BCUT2D eigenvalue weighted by atomic mass is 35.5. The van der Waals surface area contributed by atoms with Gasteiger partial charge in [0.1, 0.15) is 13.3 Å². The summed E-state index contributed by atoms with van der Waals surface area (Å²) >= 11 is 5.69. The lowest BCUT2D eigenvalue weighted by atomic mass is 10.2. The molecule has 1 aromatic rings. The quantitative estimate of drug-likeness (QED) is 0.623. The number of benzene rings is 1. The molecule has 0 saturated carbocycles. The van der Waals surface area contributed by atoms with E-state index in [4.69, 9.17) is 17.3 Å². The number of carbonyl (C=O) groups excluding carboxylic acids is 1. The van der Waals surface area contributed by atoms with E-state index in [9.17, 15) is 9.18 Å². The van der Waals surface area contributed by atoms with Gasteiger partial charge in [0.15, 0.2) is 0 Å². The van der Waals surface area contributed by atoms with Gasteiger partial charge >= 0.3 is 5.97 Å². The number of hydrogen-bond donors (Lipinski definition) is 1. The molecule has 76 valence electrons. The lowest BCUT2D eigenvalue weighted by Crippen LogP contribution is -2.10. The first kappa shape index (κ1) is 10.8. The minimum absolute atomic E-state index is 0.151. The molecule has 0 unspecified atom stereocenters. The molecule has 0 radical (unpaired) electrons. The van der Waals surface area contributed by atoms with Gasteiger partial charge in [-0.15, -0.1) is 0 Å². The average Bonchev–Trinajstić information content (AvgIpc) is 2.18. The van der Waals surface area contributed by atoms with Crippen LogP contribution in [0.3, 0.4) is 0 Å². The van der Waals surface area contributed by atoms with E-state index in [1.165, 1.54) is 6.07 Å². The smallest absolute Gasteiger partial charge is 0.340 e. The van der Waals surface area contributed by atoms with E-state index in [2.05, 4.69) is 4.74 Å². The first-order valence-corrected chi connectivity index (χ1v) is 4.31. The van der Waals surface area contributed by atoms with Crippen LogP contribution in [0.2, 0.25) is 5.02 Å². The molecule has 2 N–H and O–H groups in total. The van der Waals surface area contributed by atoms with Crippen molar-refractivity contribution >= 4 is 23.3 Å². The monoisotopic (exact) mass is 217 g/mol. The second-order valence-electron chi connectivity index (χ2n) is 2.53. The molecule has 14 heavy (non-hydrogen) atoms. The molecule has 0 aromatic heterocycles. The van der Waals surface area contributed by atoms with Crippen LogP contribution in [0.1, 0.15) is 10.4 Å². The molecule has 0 fully saturated rings. The third-order valence-corrected chi connectivity index (χ3v) is 1.91. The Bertz CT molecular complexity index is 344. The molecule has 0 heterocycles. The van der Waals surface area contributed by atoms with Gasteiger partial charge in [0.2, 0.25) is 0 Å². The summed E-state index contributed by atoms with van der Waals surface area (Å²) in [6.45, 7) is -0.989. The Hall–Kier alpha value is -1.29. The molecule has 0 atom stereocenters. The van der Waals surface area contributed by atoms with Gasteiger partial charge in [0.05, 0.1) is 16.3 Å². The summed E-state index contributed by atoms with van der Waals surface area (Å²) in [5.74, 6) is -0.664.